The number of rotatable bonds is 2. The van der Waals surface area contributed by atoms with E-state index >= 15 is 0 Å². The van der Waals surface area contributed by atoms with Gasteiger partial charge in [-0.15, -0.1) is 0 Å². The van der Waals surface area contributed by atoms with E-state index in [2.05, 4.69) is 11.1 Å². The molecule has 5 nitrogen and oxygen atoms in total. The lowest BCUT2D eigenvalue weighted by atomic mass is 10.1. The molecule has 0 aliphatic heterocycles. The highest BCUT2D eigenvalue weighted by Crippen LogP contribution is 2.26. The number of hydrogen-bond donors (Lipinski definition) is 1. The van der Waals surface area contributed by atoms with Crippen LogP contribution in [0.5, 0.6) is 0 Å². The molecule has 3 aromatic rings. The fourth-order valence-electron chi connectivity index (χ4n) is 2.12. The van der Waals surface area contributed by atoms with E-state index in [0.717, 1.165) is 22.2 Å². The van der Waals surface area contributed by atoms with Gasteiger partial charge in [0.25, 0.3) is 5.69 Å². The van der Waals surface area contributed by atoms with Crippen LogP contribution in [0.25, 0.3) is 22.2 Å². The molecular formula is C15H9N3O2. The number of nitrogens with zero attached hydrogens (tertiary/aromatic N) is 2. The van der Waals surface area contributed by atoms with Crippen LogP contribution in [0.15, 0.2) is 48.5 Å². The lowest BCUT2D eigenvalue weighted by Gasteiger charge is -1.97. The van der Waals surface area contributed by atoms with Crippen molar-refractivity contribution in [3.8, 4) is 17.3 Å². The average molecular weight is 263 g/mol. The van der Waals surface area contributed by atoms with E-state index in [-0.39, 0.29) is 5.69 Å². The minimum Gasteiger partial charge on any atom is -0.355 e. The van der Waals surface area contributed by atoms with Gasteiger partial charge in [-0.05, 0) is 42.0 Å². The normalized spacial score (nSPS) is 10.3. The van der Waals surface area contributed by atoms with E-state index in [1.54, 1.807) is 24.3 Å². The number of benzene rings is 2. The number of H-pyrrole nitrogens is 1. The van der Waals surface area contributed by atoms with Crippen molar-refractivity contribution in [3.05, 3.63) is 64.2 Å². The van der Waals surface area contributed by atoms with Gasteiger partial charge >= 0.3 is 0 Å². The second-order valence-corrected chi connectivity index (χ2v) is 4.40. The van der Waals surface area contributed by atoms with Gasteiger partial charge in [0.1, 0.15) is 0 Å². The van der Waals surface area contributed by atoms with Crippen molar-refractivity contribution in [2.45, 2.75) is 0 Å². The molecule has 96 valence electrons. The smallest absolute Gasteiger partial charge is 0.269 e. The number of nitrogens with one attached hydrogen (secondary N) is 1. The third kappa shape index (κ3) is 1.99. The molecule has 0 fully saturated rings. The van der Waals surface area contributed by atoms with Crippen molar-refractivity contribution < 1.29 is 4.92 Å². The van der Waals surface area contributed by atoms with Gasteiger partial charge in [0.05, 0.1) is 16.6 Å². The predicted octanol–water partition coefficient (Wildman–Crippen LogP) is 3.61. The molecule has 3 rings (SSSR count). The zero-order chi connectivity index (χ0) is 14.1. The van der Waals surface area contributed by atoms with Crippen molar-refractivity contribution >= 4 is 16.6 Å². The van der Waals surface area contributed by atoms with Gasteiger partial charge in [-0.1, -0.05) is 0 Å². The SMILES string of the molecule is N#Cc1ccc2[nH]c(-c3ccc([N+](=O)[O-])cc3)cc2c1. The number of hydrogen-bond acceptors (Lipinski definition) is 3. The van der Waals surface area contributed by atoms with Crippen LogP contribution in [0, 0.1) is 21.4 Å². The Morgan fingerprint density at radius 1 is 1.10 bits per heavy atom. The van der Waals surface area contributed by atoms with Gasteiger partial charge in [0.2, 0.25) is 0 Å². The number of nitro groups is 1. The van der Waals surface area contributed by atoms with Crippen LogP contribution < -0.4 is 0 Å². The summed E-state index contributed by atoms with van der Waals surface area (Å²) in [7, 11) is 0. The molecule has 0 radical (unpaired) electrons. The van der Waals surface area contributed by atoms with Crippen molar-refractivity contribution in [1.29, 1.82) is 5.26 Å². The lowest BCUT2D eigenvalue weighted by molar-refractivity contribution is -0.384. The maximum atomic E-state index is 10.6. The molecule has 1 aromatic heterocycles. The number of nitriles is 1. The van der Waals surface area contributed by atoms with Crippen LogP contribution in [0.4, 0.5) is 5.69 Å². The summed E-state index contributed by atoms with van der Waals surface area (Å²) in [6.07, 6.45) is 0. The van der Waals surface area contributed by atoms with E-state index in [1.165, 1.54) is 12.1 Å². The molecule has 0 spiro atoms. The van der Waals surface area contributed by atoms with Crippen LogP contribution >= 0.6 is 0 Å². The zero-order valence-corrected chi connectivity index (χ0v) is 10.3. The van der Waals surface area contributed by atoms with Crippen molar-refractivity contribution in [2.24, 2.45) is 0 Å². The summed E-state index contributed by atoms with van der Waals surface area (Å²) in [5.74, 6) is 0. The van der Waals surface area contributed by atoms with E-state index in [9.17, 15) is 10.1 Å². The minimum absolute atomic E-state index is 0.0663. The van der Waals surface area contributed by atoms with Gasteiger partial charge in [-0.2, -0.15) is 5.26 Å². The first kappa shape index (κ1) is 11.9. The van der Waals surface area contributed by atoms with E-state index in [1.807, 2.05) is 12.1 Å². The monoisotopic (exact) mass is 263 g/mol. The zero-order valence-electron chi connectivity index (χ0n) is 10.3. The lowest BCUT2D eigenvalue weighted by Crippen LogP contribution is -1.87. The van der Waals surface area contributed by atoms with Crippen LogP contribution in [-0.2, 0) is 0 Å². The van der Waals surface area contributed by atoms with Crippen molar-refractivity contribution in [3.63, 3.8) is 0 Å². The number of non-ortho nitro benzene ring substituents is 1. The highest BCUT2D eigenvalue weighted by molar-refractivity contribution is 5.87. The van der Waals surface area contributed by atoms with Crippen molar-refractivity contribution in [1.82, 2.24) is 4.98 Å². The number of nitro benzene ring substituents is 1. The Morgan fingerprint density at radius 2 is 1.85 bits per heavy atom. The van der Waals surface area contributed by atoms with Crippen LogP contribution in [-0.4, -0.2) is 9.91 Å². The molecule has 2 aromatic carbocycles. The highest BCUT2D eigenvalue weighted by atomic mass is 16.6. The molecule has 1 N–H and O–H groups in total. The maximum Gasteiger partial charge on any atom is 0.269 e. The second-order valence-electron chi connectivity index (χ2n) is 4.40. The van der Waals surface area contributed by atoms with E-state index in [4.69, 9.17) is 5.26 Å². The fourth-order valence-corrected chi connectivity index (χ4v) is 2.12. The summed E-state index contributed by atoms with van der Waals surface area (Å²) in [6.45, 7) is 0. The Labute approximate surface area is 114 Å². The highest BCUT2D eigenvalue weighted by Gasteiger charge is 2.07. The maximum absolute atomic E-state index is 10.6. The largest absolute Gasteiger partial charge is 0.355 e. The molecule has 0 saturated heterocycles. The first-order valence-electron chi connectivity index (χ1n) is 5.95. The van der Waals surface area contributed by atoms with Gasteiger partial charge in [-0.25, -0.2) is 0 Å². The molecule has 0 aliphatic rings. The second kappa shape index (κ2) is 4.52. The number of aromatic amines is 1. The van der Waals surface area contributed by atoms with E-state index in [0.29, 0.717) is 5.56 Å². The van der Waals surface area contributed by atoms with Crippen LogP contribution in [0.1, 0.15) is 5.56 Å². The Morgan fingerprint density at radius 3 is 2.50 bits per heavy atom. The van der Waals surface area contributed by atoms with Gasteiger partial charge in [0.15, 0.2) is 0 Å². The molecule has 0 atom stereocenters. The summed E-state index contributed by atoms with van der Waals surface area (Å²) >= 11 is 0. The predicted molar refractivity (Wildman–Crippen MR) is 75.1 cm³/mol. The van der Waals surface area contributed by atoms with Crippen LogP contribution in [0.2, 0.25) is 0 Å². The first-order chi connectivity index (χ1) is 9.67. The molecule has 1 heterocycles. The molecule has 0 bridgehead atoms. The summed E-state index contributed by atoms with van der Waals surface area (Å²) in [5.41, 5.74) is 3.33. The van der Waals surface area contributed by atoms with E-state index < -0.39 is 4.92 Å². The van der Waals surface area contributed by atoms with Gasteiger partial charge in [-0.3, -0.25) is 10.1 Å². The Bertz CT molecular complexity index is 842. The third-order valence-electron chi connectivity index (χ3n) is 3.14. The first-order valence-corrected chi connectivity index (χ1v) is 5.95. The summed E-state index contributed by atoms with van der Waals surface area (Å²) < 4.78 is 0. The third-order valence-corrected chi connectivity index (χ3v) is 3.14. The van der Waals surface area contributed by atoms with Crippen molar-refractivity contribution in [2.75, 3.05) is 0 Å². The Hall–Kier alpha value is -3.13. The average Bonchev–Trinajstić information content (AvgIpc) is 2.90. The molecule has 0 amide bonds. The minimum atomic E-state index is -0.422. The van der Waals surface area contributed by atoms with Gasteiger partial charge in [0, 0.05) is 28.7 Å². The standard InChI is InChI=1S/C15H9N3O2/c16-9-10-1-6-14-12(7-10)8-15(17-14)11-2-4-13(5-3-11)18(19)20/h1-8,17H. The Kier molecular flexibility index (Phi) is 2.70. The molecule has 0 aliphatic carbocycles. The quantitative estimate of drug-likeness (QED) is 0.566. The molecular weight excluding hydrogens is 254 g/mol. The number of fused-ring (bicyclic) bond motifs is 1. The fraction of sp³-hybridized carbons (Fsp3) is 0. The molecule has 5 heteroatoms. The molecule has 0 saturated carbocycles. The Balaban J connectivity index is 2.05. The summed E-state index contributed by atoms with van der Waals surface area (Å²) in [4.78, 5) is 13.4. The summed E-state index contributed by atoms with van der Waals surface area (Å²) in [5, 5.41) is 20.4. The van der Waals surface area contributed by atoms with Crippen LogP contribution in [0.3, 0.4) is 0 Å². The topological polar surface area (TPSA) is 82.7 Å². The molecule has 0 unspecified atom stereocenters. The summed E-state index contributed by atoms with van der Waals surface area (Å²) in [6, 6.07) is 15.8. The number of aromatic nitrogens is 1. The molecule has 20 heavy (non-hydrogen) atoms. The van der Waals surface area contributed by atoms with Gasteiger partial charge < -0.3 is 4.98 Å².